The topological polar surface area (TPSA) is 93.0 Å². The molecule has 0 spiro atoms. The van der Waals surface area contributed by atoms with Gasteiger partial charge in [0.1, 0.15) is 12.1 Å². The first kappa shape index (κ1) is 13.7. The normalized spacial score (nSPS) is 18.6. The van der Waals surface area contributed by atoms with Gasteiger partial charge in [-0.05, 0) is 37.9 Å². The molecule has 0 aliphatic carbocycles. The Morgan fingerprint density at radius 3 is 3.10 bits per heavy atom. The average Bonchev–Trinajstić information content (AvgIpc) is 2.53. The third kappa shape index (κ3) is 3.08. The van der Waals surface area contributed by atoms with Crippen LogP contribution in [0.2, 0.25) is 0 Å². The molecule has 0 saturated carbocycles. The van der Waals surface area contributed by atoms with Gasteiger partial charge in [-0.25, -0.2) is 9.97 Å². The zero-order chi connectivity index (χ0) is 14.7. The number of anilines is 1. The highest BCUT2D eigenvalue weighted by atomic mass is 16.6. The first-order valence-electron chi connectivity index (χ1n) is 7.08. The van der Waals surface area contributed by atoms with Crippen LogP contribution in [0.4, 0.5) is 11.5 Å². The van der Waals surface area contributed by atoms with E-state index in [1.54, 1.807) is 6.07 Å². The van der Waals surface area contributed by atoms with E-state index >= 15 is 0 Å². The number of rotatable bonds is 4. The molecule has 2 aromatic rings. The van der Waals surface area contributed by atoms with Gasteiger partial charge < -0.3 is 10.6 Å². The Balaban J connectivity index is 1.83. The summed E-state index contributed by atoms with van der Waals surface area (Å²) in [5.41, 5.74) is 0.763. The number of hydrogen-bond acceptors (Lipinski definition) is 6. The Morgan fingerprint density at radius 2 is 2.33 bits per heavy atom. The first-order chi connectivity index (χ1) is 10.2. The number of piperidine rings is 1. The maximum Gasteiger partial charge on any atom is 0.270 e. The van der Waals surface area contributed by atoms with Crippen LogP contribution in [-0.4, -0.2) is 34.5 Å². The average molecular weight is 287 g/mol. The summed E-state index contributed by atoms with van der Waals surface area (Å²) in [6, 6.07) is 4.64. The number of nitrogens with one attached hydrogen (secondary N) is 2. The molecular formula is C14H17N5O2. The molecule has 1 unspecified atom stereocenters. The van der Waals surface area contributed by atoms with E-state index in [9.17, 15) is 10.1 Å². The number of hydrogen-bond donors (Lipinski definition) is 2. The van der Waals surface area contributed by atoms with E-state index in [4.69, 9.17) is 0 Å². The van der Waals surface area contributed by atoms with Crippen LogP contribution in [0.1, 0.15) is 12.8 Å². The van der Waals surface area contributed by atoms with Crippen LogP contribution in [0.3, 0.4) is 0 Å². The number of aromatic nitrogens is 2. The van der Waals surface area contributed by atoms with E-state index in [1.165, 1.54) is 31.3 Å². The molecule has 0 radical (unpaired) electrons. The first-order valence-corrected chi connectivity index (χ1v) is 7.08. The van der Waals surface area contributed by atoms with E-state index in [0.29, 0.717) is 22.6 Å². The van der Waals surface area contributed by atoms with Crippen molar-refractivity contribution in [1.82, 2.24) is 15.3 Å². The lowest BCUT2D eigenvalue weighted by atomic mass is 10.00. The second kappa shape index (κ2) is 6.01. The Hall–Kier alpha value is -2.28. The van der Waals surface area contributed by atoms with E-state index in [-0.39, 0.29) is 5.69 Å². The summed E-state index contributed by atoms with van der Waals surface area (Å²) in [5, 5.41) is 18.3. The third-order valence-electron chi connectivity index (χ3n) is 3.79. The van der Waals surface area contributed by atoms with Gasteiger partial charge in [-0.2, -0.15) is 0 Å². The van der Waals surface area contributed by atoms with Crippen molar-refractivity contribution in [3.8, 4) is 0 Å². The van der Waals surface area contributed by atoms with Crippen molar-refractivity contribution in [3.63, 3.8) is 0 Å². The Labute approximate surface area is 121 Å². The van der Waals surface area contributed by atoms with Crippen molar-refractivity contribution in [2.24, 2.45) is 5.92 Å². The summed E-state index contributed by atoms with van der Waals surface area (Å²) in [5.74, 6) is 1.22. The van der Waals surface area contributed by atoms with Gasteiger partial charge >= 0.3 is 0 Å². The van der Waals surface area contributed by atoms with Gasteiger partial charge in [0.05, 0.1) is 10.4 Å². The maximum absolute atomic E-state index is 10.9. The van der Waals surface area contributed by atoms with E-state index in [0.717, 1.165) is 19.6 Å². The largest absolute Gasteiger partial charge is 0.369 e. The number of nitrogens with zero attached hydrogens (tertiary/aromatic N) is 3. The minimum atomic E-state index is -0.402. The fourth-order valence-electron chi connectivity index (χ4n) is 2.64. The lowest BCUT2D eigenvalue weighted by molar-refractivity contribution is -0.384. The van der Waals surface area contributed by atoms with Crippen molar-refractivity contribution in [2.45, 2.75) is 12.8 Å². The zero-order valence-electron chi connectivity index (χ0n) is 11.6. The molecule has 2 N–H and O–H groups in total. The summed E-state index contributed by atoms with van der Waals surface area (Å²) in [7, 11) is 0. The van der Waals surface area contributed by atoms with Crippen molar-refractivity contribution in [2.75, 3.05) is 25.0 Å². The molecule has 7 nitrogen and oxygen atoms in total. The van der Waals surface area contributed by atoms with Gasteiger partial charge in [-0.1, -0.05) is 0 Å². The second-order valence-electron chi connectivity index (χ2n) is 5.27. The molecule has 2 heterocycles. The molecule has 21 heavy (non-hydrogen) atoms. The zero-order valence-corrected chi connectivity index (χ0v) is 11.6. The second-order valence-corrected chi connectivity index (χ2v) is 5.27. The maximum atomic E-state index is 10.9. The van der Waals surface area contributed by atoms with Gasteiger partial charge in [0.25, 0.3) is 5.69 Å². The molecule has 1 fully saturated rings. The SMILES string of the molecule is O=[N+]([O-])c1ccc2ncnc(NCC3CCCNC3)c2c1. The highest BCUT2D eigenvalue weighted by molar-refractivity contribution is 5.90. The van der Waals surface area contributed by atoms with Gasteiger partial charge in [0.2, 0.25) is 0 Å². The number of fused-ring (bicyclic) bond motifs is 1. The van der Waals surface area contributed by atoms with Gasteiger partial charge in [0, 0.05) is 24.1 Å². The summed E-state index contributed by atoms with van der Waals surface area (Å²) in [6.45, 7) is 2.89. The molecule has 1 saturated heterocycles. The summed E-state index contributed by atoms with van der Waals surface area (Å²) in [6.07, 6.45) is 3.85. The highest BCUT2D eigenvalue weighted by Crippen LogP contribution is 2.24. The van der Waals surface area contributed by atoms with Gasteiger partial charge in [-0.15, -0.1) is 0 Å². The molecule has 1 atom stereocenters. The Kier molecular flexibility index (Phi) is 3.92. The van der Waals surface area contributed by atoms with Crippen molar-refractivity contribution in [3.05, 3.63) is 34.6 Å². The number of non-ortho nitro benzene ring substituents is 1. The Bertz CT molecular complexity index is 655. The van der Waals surface area contributed by atoms with Crippen LogP contribution in [0, 0.1) is 16.0 Å². The Morgan fingerprint density at radius 1 is 1.43 bits per heavy atom. The highest BCUT2D eigenvalue weighted by Gasteiger charge is 2.14. The standard InChI is InChI=1S/C14H17N5O2/c20-19(21)11-3-4-13-12(6-11)14(18-9-17-13)16-8-10-2-1-5-15-7-10/h3-4,6,9-10,15H,1-2,5,7-8H2,(H,16,17,18). The van der Waals surface area contributed by atoms with Crippen LogP contribution >= 0.6 is 0 Å². The van der Waals surface area contributed by atoms with Crippen molar-refractivity contribution >= 4 is 22.4 Å². The third-order valence-corrected chi connectivity index (χ3v) is 3.79. The van der Waals surface area contributed by atoms with Crippen molar-refractivity contribution in [1.29, 1.82) is 0 Å². The fraction of sp³-hybridized carbons (Fsp3) is 0.429. The fourth-order valence-corrected chi connectivity index (χ4v) is 2.64. The summed E-state index contributed by atoms with van der Waals surface area (Å²) < 4.78 is 0. The summed E-state index contributed by atoms with van der Waals surface area (Å²) >= 11 is 0. The van der Waals surface area contributed by atoms with Crippen molar-refractivity contribution < 1.29 is 4.92 Å². The molecule has 110 valence electrons. The molecule has 1 aliphatic rings. The van der Waals surface area contributed by atoms with Crippen LogP contribution < -0.4 is 10.6 Å². The molecule has 1 aliphatic heterocycles. The number of nitro benzene ring substituents is 1. The lowest BCUT2D eigenvalue weighted by Gasteiger charge is -2.23. The predicted molar refractivity (Wildman–Crippen MR) is 80.3 cm³/mol. The van der Waals surface area contributed by atoms with E-state index < -0.39 is 4.92 Å². The number of nitro groups is 1. The molecule has 1 aromatic heterocycles. The molecule has 7 heteroatoms. The quantitative estimate of drug-likeness (QED) is 0.659. The molecular weight excluding hydrogens is 270 g/mol. The number of benzene rings is 1. The smallest absolute Gasteiger partial charge is 0.270 e. The van der Waals surface area contributed by atoms with E-state index in [2.05, 4.69) is 20.6 Å². The lowest BCUT2D eigenvalue weighted by Crippen LogP contribution is -2.33. The molecule has 3 rings (SSSR count). The minimum Gasteiger partial charge on any atom is -0.369 e. The van der Waals surface area contributed by atoms with E-state index in [1.807, 2.05) is 0 Å². The molecule has 0 amide bonds. The van der Waals surface area contributed by atoms with Crippen LogP contribution in [0.25, 0.3) is 10.9 Å². The molecule has 0 bridgehead atoms. The van der Waals surface area contributed by atoms with Crippen LogP contribution in [-0.2, 0) is 0 Å². The summed E-state index contributed by atoms with van der Waals surface area (Å²) in [4.78, 5) is 18.9. The predicted octanol–water partition coefficient (Wildman–Crippen LogP) is 1.95. The molecule has 1 aromatic carbocycles. The van der Waals surface area contributed by atoms with Gasteiger partial charge in [0.15, 0.2) is 0 Å². The minimum absolute atomic E-state index is 0.0553. The van der Waals surface area contributed by atoms with Crippen LogP contribution in [0.5, 0.6) is 0 Å². The monoisotopic (exact) mass is 287 g/mol. The van der Waals surface area contributed by atoms with Gasteiger partial charge in [-0.3, -0.25) is 10.1 Å². The van der Waals surface area contributed by atoms with Crippen LogP contribution in [0.15, 0.2) is 24.5 Å².